The number of nitrogens with zero attached hydrogens (tertiary/aromatic N) is 1. The molecule has 2 rings (SSSR count). The van der Waals surface area contributed by atoms with Crippen molar-refractivity contribution in [3.8, 4) is 0 Å². The topological polar surface area (TPSA) is 54.5 Å². The van der Waals surface area contributed by atoms with E-state index < -0.39 is 21.6 Å². The molecular weight excluding hydrogens is 329 g/mol. The third-order valence-electron chi connectivity index (χ3n) is 3.72. The minimum absolute atomic E-state index is 0.0607. The average Bonchev–Trinajstić information content (AvgIpc) is 2.55. The van der Waals surface area contributed by atoms with Crippen LogP contribution in [0.1, 0.15) is 29.8 Å². The number of rotatable bonds is 5. The van der Waals surface area contributed by atoms with Crippen molar-refractivity contribution in [3.05, 3.63) is 59.4 Å². The summed E-state index contributed by atoms with van der Waals surface area (Å²) in [6.45, 7) is 5.27. The number of anilines is 1. The summed E-state index contributed by atoms with van der Waals surface area (Å²) in [5, 5.41) is 0. The Kier molecular flexibility index (Phi) is 5.39. The monoisotopic (exact) mass is 349 g/mol. The van der Waals surface area contributed by atoms with Crippen LogP contribution in [0.2, 0.25) is 0 Å². The van der Waals surface area contributed by atoms with Crippen LogP contribution in [0.15, 0.2) is 47.4 Å². The van der Waals surface area contributed by atoms with E-state index in [1.54, 1.807) is 45.0 Å². The fourth-order valence-corrected chi connectivity index (χ4v) is 3.63. The van der Waals surface area contributed by atoms with Gasteiger partial charge in [-0.2, -0.15) is 0 Å². The zero-order valence-electron chi connectivity index (χ0n) is 13.9. The van der Waals surface area contributed by atoms with Crippen LogP contribution in [0, 0.1) is 12.7 Å². The van der Waals surface area contributed by atoms with E-state index in [-0.39, 0.29) is 22.8 Å². The van der Waals surface area contributed by atoms with Crippen LogP contribution in [0.5, 0.6) is 0 Å². The number of carbonyl (C=O) groups excluding carboxylic acids is 1. The van der Waals surface area contributed by atoms with Gasteiger partial charge in [0.15, 0.2) is 9.84 Å². The molecule has 0 aliphatic rings. The lowest BCUT2D eigenvalue weighted by atomic mass is 10.1. The van der Waals surface area contributed by atoms with E-state index in [9.17, 15) is 17.6 Å². The van der Waals surface area contributed by atoms with Crippen molar-refractivity contribution in [2.45, 2.75) is 25.7 Å². The number of halogens is 1. The maximum atomic E-state index is 13.6. The van der Waals surface area contributed by atoms with Gasteiger partial charge in [0.25, 0.3) is 5.91 Å². The van der Waals surface area contributed by atoms with Gasteiger partial charge in [-0.25, -0.2) is 12.8 Å². The van der Waals surface area contributed by atoms with Gasteiger partial charge < -0.3 is 4.90 Å². The molecule has 0 unspecified atom stereocenters. The largest absolute Gasteiger partial charge is 0.307 e. The van der Waals surface area contributed by atoms with Gasteiger partial charge in [0.2, 0.25) is 0 Å². The molecular formula is C18H20FNO3S. The van der Waals surface area contributed by atoms with Crippen molar-refractivity contribution in [2.75, 3.05) is 17.2 Å². The van der Waals surface area contributed by atoms with E-state index in [2.05, 4.69) is 0 Å². The number of hydrogen-bond donors (Lipinski definition) is 0. The van der Waals surface area contributed by atoms with Gasteiger partial charge in [-0.3, -0.25) is 4.79 Å². The maximum Gasteiger partial charge on any atom is 0.258 e. The molecule has 0 aliphatic carbocycles. The summed E-state index contributed by atoms with van der Waals surface area (Å²) >= 11 is 0. The first kappa shape index (κ1) is 18.1. The van der Waals surface area contributed by atoms with Crippen molar-refractivity contribution in [2.24, 2.45) is 0 Å². The van der Waals surface area contributed by atoms with E-state index in [1.807, 2.05) is 0 Å². The molecule has 2 aromatic rings. The molecule has 0 aromatic heterocycles. The van der Waals surface area contributed by atoms with Gasteiger partial charge in [0, 0.05) is 12.1 Å². The lowest BCUT2D eigenvalue weighted by Crippen LogP contribution is -2.32. The molecule has 24 heavy (non-hydrogen) atoms. The van der Waals surface area contributed by atoms with Gasteiger partial charge in [-0.15, -0.1) is 0 Å². The Morgan fingerprint density at radius 3 is 2.38 bits per heavy atom. The number of carbonyl (C=O) groups is 1. The number of benzene rings is 2. The standard InChI is InChI=1S/C18H20FNO3S/c1-4-20(18(21)14-10-13(3)11-15(19)12-14)16-8-6-7-9-17(16)24(22,23)5-2/h6-12H,4-5H2,1-3H3. The van der Waals surface area contributed by atoms with Crippen LogP contribution < -0.4 is 4.90 Å². The first-order chi connectivity index (χ1) is 11.3. The predicted molar refractivity (Wildman–Crippen MR) is 92.7 cm³/mol. The summed E-state index contributed by atoms with van der Waals surface area (Å²) in [5.74, 6) is -0.989. The van der Waals surface area contributed by atoms with Crippen molar-refractivity contribution < 1.29 is 17.6 Å². The van der Waals surface area contributed by atoms with Gasteiger partial charge in [0.1, 0.15) is 5.82 Å². The van der Waals surface area contributed by atoms with Crippen LogP contribution in [-0.2, 0) is 9.84 Å². The highest BCUT2D eigenvalue weighted by Crippen LogP contribution is 2.27. The number of para-hydroxylation sites is 1. The van der Waals surface area contributed by atoms with Crippen LogP contribution in [0.4, 0.5) is 10.1 Å². The third kappa shape index (κ3) is 3.64. The molecule has 0 aliphatic heterocycles. The van der Waals surface area contributed by atoms with Crippen molar-refractivity contribution >= 4 is 21.4 Å². The van der Waals surface area contributed by atoms with E-state index in [1.165, 1.54) is 17.0 Å². The van der Waals surface area contributed by atoms with Crippen molar-refractivity contribution in [1.82, 2.24) is 0 Å². The van der Waals surface area contributed by atoms with E-state index in [4.69, 9.17) is 0 Å². The lowest BCUT2D eigenvalue weighted by Gasteiger charge is -2.24. The van der Waals surface area contributed by atoms with E-state index in [0.717, 1.165) is 6.07 Å². The SMILES string of the molecule is CCN(C(=O)c1cc(C)cc(F)c1)c1ccccc1S(=O)(=O)CC. The minimum Gasteiger partial charge on any atom is -0.307 e. The second-order valence-electron chi connectivity index (χ2n) is 5.44. The molecule has 0 saturated carbocycles. The van der Waals surface area contributed by atoms with Gasteiger partial charge in [-0.1, -0.05) is 19.1 Å². The third-order valence-corrected chi connectivity index (χ3v) is 5.50. The molecule has 128 valence electrons. The molecule has 0 bridgehead atoms. The molecule has 0 N–H and O–H groups in total. The van der Waals surface area contributed by atoms with Crippen LogP contribution in [-0.4, -0.2) is 26.6 Å². The highest BCUT2D eigenvalue weighted by atomic mass is 32.2. The summed E-state index contributed by atoms with van der Waals surface area (Å²) in [4.78, 5) is 14.3. The molecule has 0 saturated heterocycles. The zero-order valence-corrected chi connectivity index (χ0v) is 14.7. The summed E-state index contributed by atoms with van der Waals surface area (Å²) in [6.07, 6.45) is 0. The zero-order chi connectivity index (χ0) is 17.9. The van der Waals surface area contributed by atoms with Crippen LogP contribution in [0.25, 0.3) is 0 Å². The number of amides is 1. The Bertz CT molecular complexity index is 842. The second-order valence-corrected chi connectivity index (χ2v) is 7.68. The van der Waals surface area contributed by atoms with Gasteiger partial charge in [-0.05, 0) is 49.7 Å². The molecule has 6 heteroatoms. The quantitative estimate of drug-likeness (QED) is 0.829. The van der Waals surface area contributed by atoms with E-state index >= 15 is 0 Å². The Morgan fingerprint density at radius 2 is 1.79 bits per heavy atom. The molecule has 0 heterocycles. The highest BCUT2D eigenvalue weighted by Gasteiger charge is 2.24. The Hall–Kier alpha value is -2.21. The molecule has 0 fully saturated rings. The smallest absolute Gasteiger partial charge is 0.258 e. The molecule has 0 radical (unpaired) electrons. The molecule has 0 spiro atoms. The lowest BCUT2D eigenvalue weighted by molar-refractivity contribution is 0.0987. The molecule has 2 aromatic carbocycles. The molecule has 4 nitrogen and oxygen atoms in total. The predicted octanol–water partition coefficient (Wildman–Crippen LogP) is 3.59. The molecule has 0 atom stereocenters. The number of aryl methyl sites for hydroxylation is 1. The van der Waals surface area contributed by atoms with Crippen molar-refractivity contribution in [3.63, 3.8) is 0 Å². The normalized spacial score (nSPS) is 11.3. The summed E-state index contributed by atoms with van der Waals surface area (Å²) < 4.78 is 38.2. The fourth-order valence-electron chi connectivity index (χ4n) is 2.54. The van der Waals surface area contributed by atoms with Crippen LogP contribution >= 0.6 is 0 Å². The van der Waals surface area contributed by atoms with Crippen molar-refractivity contribution in [1.29, 1.82) is 0 Å². The minimum atomic E-state index is -3.48. The summed E-state index contributed by atoms with van der Waals surface area (Å²) in [7, 11) is -3.48. The van der Waals surface area contributed by atoms with Crippen LogP contribution in [0.3, 0.4) is 0 Å². The number of sulfone groups is 1. The molecule has 1 amide bonds. The first-order valence-electron chi connectivity index (χ1n) is 7.71. The average molecular weight is 349 g/mol. The maximum absolute atomic E-state index is 13.6. The Balaban J connectivity index is 2.55. The second kappa shape index (κ2) is 7.13. The fraction of sp³-hybridized carbons (Fsp3) is 0.278. The Labute approximate surface area is 141 Å². The van der Waals surface area contributed by atoms with Gasteiger partial charge in [0.05, 0.1) is 16.3 Å². The highest BCUT2D eigenvalue weighted by molar-refractivity contribution is 7.91. The van der Waals surface area contributed by atoms with E-state index in [0.29, 0.717) is 11.3 Å². The number of hydrogen-bond acceptors (Lipinski definition) is 3. The van der Waals surface area contributed by atoms with Gasteiger partial charge >= 0.3 is 0 Å². The first-order valence-corrected chi connectivity index (χ1v) is 9.36. The summed E-state index contributed by atoms with van der Waals surface area (Å²) in [5.41, 5.74) is 1.13. The Morgan fingerprint density at radius 1 is 1.12 bits per heavy atom. The summed E-state index contributed by atoms with van der Waals surface area (Å²) in [6, 6.07) is 10.5.